The summed E-state index contributed by atoms with van der Waals surface area (Å²) in [5.74, 6) is 0.833. The van der Waals surface area contributed by atoms with Gasteiger partial charge in [0.25, 0.3) is 0 Å². The summed E-state index contributed by atoms with van der Waals surface area (Å²) in [6.07, 6.45) is 0. The van der Waals surface area contributed by atoms with Crippen molar-refractivity contribution in [3.63, 3.8) is 0 Å². The first-order chi connectivity index (χ1) is 9.82. The second-order valence-corrected chi connectivity index (χ2v) is 9.06. The van der Waals surface area contributed by atoms with Crippen LogP contribution in [0.4, 0.5) is 0 Å². The molecular weight excluding hydrogens is 324 g/mol. The molecule has 0 radical (unpaired) electrons. The smallest absolute Gasteiger partial charge is 0.234 e. The summed E-state index contributed by atoms with van der Waals surface area (Å²) in [5.41, 5.74) is -0.851. The Morgan fingerprint density at radius 3 is 2.57 bits per heavy atom. The summed E-state index contributed by atoms with van der Waals surface area (Å²) >= 11 is 4.50. The zero-order valence-electron chi connectivity index (χ0n) is 12.8. The lowest BCUT2D eigenvalue weighted by atomic mass is 9.90. The zero-order chi connectivity index (χ0) is 16.0. The minimum atomic E-state index is -0.851. The number of carbonyl (C=O) groups excluding carboxylic acids is 1. The fourth-order valence-electron chi connectivity index (χ4n) is 1.29. The highest BCUT2D eigenvalue weighted by atomic mass is 32.2. The lowest BCUT2D eigenvalue weighted by Crippen LogP contribution is -2.51. The molecule has 0 aromatic carbocycles. The number of thioether (sulfide) groups is 2. The van der Waals surface area contributed by atoms with Gasteiger partial charge in [0.1, 0.15) is 5.54 Å². The third-order valence-corrected chi connectivity index (χ3v) is 6.20. The second kappa shape index (κ2) is 8.01. The first-order valence-electron chi connectivity index (χ1n) is 6.68. The molecule has 0 spiro atoms. The van der Waals surface area contributed by atoms with Crippen LogP contribution in [0.25, 0.3) is 0 Å². The Morgan fingerprint density at radius 1 is 1.43 bits per heavy atom. The van der Waals surface area contributed by atoms with E-state index in [4.69, 9.17) is 0 Å². The van der Waals surface area contributed by atoms with Gasteiger partial charge in [0.2, 0.25) is 5.91 Å². The molecule has 116 valence electrons. The van der Waals surface area contributed by atoms with E-state index in [1.165, 1.54) is 23.1 Å². The van der Waals surface area contributed by atoms with Crippen LogP contribution < -0.4 is 5.32 Å². The maximum absolute atomic E-state index is 12.2. The standard InChI is InChI=1S/C13H20N4OS3/c1-6-19-11-16-17-12(21-11)20-9(4)10(18)15-13(5,7-14)8(2)3/h8-9H,6H2,1-5H3,(H,15,18)/t9-,13-/m0/s1. The average Bonchev–Trinajstić information content (AvgIpc) is 2.86. The summed E-state index contributed by atoms with van der Waals surface area (Å²) in [6.45, 7) is 9.45. The number of aromatic nitrogens is 2. The van der Waals surface area contributed by atoms with Gasteiger partial charge in [-0.2, -0.15) is 5.26 Å². The Hall–Kier alpha value is -0.780. The number of nitrogens with zero attached hydrogens (tertiary/aromatic N) is 3. The van der Waals surface area contributed by atoms with Crippen molar-refractivity contribution < 1.29 is 4.79 Å². The third kappa shape index (κ3) is 5.16. The average molecular weight is 345 g/mol. The normalized spacial score (nSPS) is 15.3. The van der Waals surface area contributed by atoms with Crippen molar-refractivity contribution in [2.24, 2.45) is 5.92 Å². The molecule has 0 aliphatic rings. The minimum absolute atomic E-state index is 0.0396. The quantitative estimate of drug-likeness (QED) is 0.765. The van der Waals surface area contributed by atoms with Crippen molar-refractivity contribution >= 4 is 40.8 Å². The van der Waals surface area contributed by atoms with Gasteiger partial charge in [-0.1, -0.05) is 55.6 Å². The molecule has 0 saturated heterocycles. The Kier molecular flexibility index (Phi) is 6.97. The van der Waals surface area contributed by atoms with E-state index in [0.717, 1.165) is 14.4 Å². The predicted molar refractivity (Wildman–Crippen MR) is 88.6 cm³/mol. The molecule has 1 N–H and O–H groups in total. The van der Waals surface area contributed by atoms with Crippen molar-refractivity contribution in [2.75, 3.05) is 5.75 Å². The van der Waals surface area contributed by atoms with Crippen LogP contribution in [0.3, 0.4) is 0 Å². The van der Waals surface area contributed by atoms with Gasteiger partial charge >= 0.3 is 0 Å². The van der Waals surface area contributed by atoms with E-state index in [-0.39, 0.29) is 17.1 Å². The Balaban J connectivity index is 2.64. The van der Waals surface area contributed by atoms with Crippen LogP contribution in [0.2, 0.25) is 0 Å². The molecule has 21 heavy (non-hydrogen) atoms. The number of hydrogen-bond donors (Lipinski definition) is 1. The predicted octanol–water partition coefficient (Wildman–Crippen LogP) is 3.19. The van der Waals surface area contributed by atoms with E-state index >= 15 is 0 Å². The molecule has 1 rings (SSSR count). The first-order valence-corrected chi connectivity index (χ1v) is 9.36. The maximum Gasteiger partial charge on any atom is 0.234 e. The Bertz CT molecular complexity index is 526. The van der Waals surface area contributed by atoms with Crippen LogP contribution in [0.1, 0.15) is 34.6 Å². The van der Waals surface area contributed by atoms with Gasteiger partial charge in [0.05, 0.1) is 11.3 Å². The molecule has 2 atom stereocenters. The molecule has 5 nitrogen and oxygen atoms in total. The van der Waals surface area contributed by atoms with Gasteiger partial charge in [-0.15, -0.1) is 10.2 Å². The zero-order valence-corrected chi connectivity index (χ0v) is 15.3. The fraction of sp³-hybridized carbons (Fsp3) is 0.692. The number of rotatable bonds is 7. The summed E-state index contributed by atoms with van der Waals surface area (Å²) in [5, 5.41) is 19.9. The Labute approximate surface area is 138 Å². The van der Waals surface area contributed by atoms with Gasteiger partial charge < -0.3 is 5.32 Å². The fourth-order valence-corrected chi connectivity index (χ4v) is 4.35. The van der Waals surface area contributed by atoms with Gasteiger partial charge in [0.15, 0.2) is 8.68 Å². The third-order valence-electron chi connectivity index (χ3n) is 3.07. The van der Waals surface area contributed by atoms with Gasteiger partial charge in [-0.25, -0.2) is 0 Å². The molecule has 0 saturated carbocycles. The largest absolute Gasteiger partial charge is 0.337 e. The molecule has 1 amide bonds. The van der Waals surface area contributed by atoms with Crippen molar-refractivity contribution in [1.29, 1.82) is 5.26 Å². The lowest BCUT2D eigenvalue weighted by molar-refractivity contribution is -0.121. The van der Waals surface area contributed by atoms with Gasteiger partial charge in [-0.3, -0.25) is 4.79 Å². The molecule has 0 fully saturated rings. The number of amides is 1. The lowest BCUT2D eigenvalue weighted by Gasteiger charge is -2.28. The van der Waals surface area contributed by atoms with Crippen LogP contribution in [0.15, 0.2) is 8.68 Å². The monoisotopic (exact) mass is 344 g/mol. The van der Waals surface area contributed by atoms with Crippen LogP contribution >= 0.6 is 34.9 Å². The van der Waals surface area contributed by atoms with Crippen LogP contribution in [-0.4, -0.2) is 32.6 Å². The van der Waals surface area contributed by atoms with E-state index < -0.39 is 5.54 Å². The van der Waals surface area contributed by atoms with E-state index in [2.05, 4.69) is 28.5 Å². The topological polar surface area (TPSA) is 78.7 Å². The molecule has 1 aromatic rings. The van der Waals surface area contributed by atoms with Gasteiger partial charge in [-0.05, 0) is 25.5 Å². The highest BCUT2D eigenvalue weighted by Crippen LogP contribution is 2.31. The second-order valence-electron chi connectivity index (χ2n) is 4.99. The van der Waals surface area contributed by atoms with Crippen molar-refractivity contribution in [1.82, 2.24) is 15.5 Å². The Morgan fingerprint density at radius 2 is 2.05 bits per heavy atom. The maximum atomic E-state index is 12.2. The molecular formula is C13H20N4OS3. The SMILES string of the molecule is CCSc1nnc(S[C@@H](C)C(=O)N[C@@](C)(C#N)C(C)C)s1. The summed E-state index contributed by atoms with van der Waals surface area (Å²) in [6, 6.07) is 2.18. The first kappa shape index (κ1) is 18.3. The molecule has 0 aliphatic carbocycles. The summed E-state index contributed by atoms with van der Waals surface area (Å²) < 4.78 is 1.69. The summed E-state index contributed by atoms with van der Waals surface area (Å²) in [7, 11) is 0. The van der Waals surface area contributed by atoms with E-state index in [1.807, 2.05) is 20.8 Å². The molecule has 1 aromatic heterocycles. The number of nitrogens with one attached hydrogen (secondary N) is 1. The van der Waals surface area contributed by atoms with Crippen LogP contribution in [-0.2, 0) is 4.79 Å². The minimum Gasteiger partial charge on any atom is -0.337 e. The molecule has 0 unspecified atom stereocenters. The number of hydrogen-bond acceptors (Lipinski definition) is 7. The van der Waals surface area contributed by atoms with Crippen molar-refractivity contribution in [2.45, 2.75) is 54.1 Å². The molecule has 0 aliphatic heterocycles. The van der Waals surface area contributed by atoms with E-state index in [9.17, 15) is 10.1 Å². The molecule has 8 heteroatoms. The molecule has 1 heterocycles. The van der Waals surface area contributed by atoms with E-state index in [0.29, 0.717) is 0 Å². The highest BCUT2D eigenvalue weighted by molar-refractivity contribution is 8.03. The van der Waals surface area contributed by atoms with E-state index in [1.54, 1.807) is 18.7 Å². The number of carbonyl (C=O) groups is 1. The molecule has 0 bridgehead atoms. The van der Waals surface area contributed by atoms with Gasteiger partial charge in [0, 0.05) is 0 Å². The van der Waals surface area contributed by atoms with Crippen LogP contribution in [0, 0.1) is 17.2 Å². The highest BCUT2D eigenvalue weighted by Gasteiger charge is 2.32. The van der Waals surface area contributed by atoms with Crippen LogP contribution in [0.5, 0.6) is 0 Å². The number of nitriles is 1. The summed E-state index contributed by atoms with van der Waals surface area (Å²) in [4.78, 5) is 12.2. The van der Waals surface area contributed by atoms with Crippen molar-refractivity contribution in [3.8, 4) is 6.07 Å². The van der Waals surface area contributed by atoms with Crippen molar-refractivity contribution in [3.05, 3.63) is 0 Å².